The monoisotopic (exact) mass is 346 g/mol. The Hall–Kier alpha value is -2.15. The summed E-state index contributed by atoms with van der Waals surface area (Å²) in [6.07, 6.45) is 5.28. The molecule has 0 radical (unpaired) electrons. The lowest BCUT2D eigenvalue weighted by Gasteiger charge is -2.33. The molecule has 7 nitrogen and oxygen atoms in total. The fourth-order valence-electron chi connectivity index (χ4n) is 3.44. The zero-order valence-corrected chi connectivity index (χ0v) is 15.2. The molecule has 1 fully saturated rings. The van der Waals surface area contributed by atoms with Gasteiger partial charge in [-0.15, -0.1) is 0 Å². The number of nitrogens with zero attached hydrogens (tertiary/aromatic N) is 3. The Labute approximate surface area is 147 Å². The highest BCUT2D eigenvalue weighted by atomic mass is 16.5. The number of likely N-dealkylation sites (tertiary alicyclic amines) is 1. The average molecular weight is 346 g/mol. The standard InChI is InChI=1S/C18H26N4O3/c1-4-24-18(23)14-13(3)25-17-15(14)16(20-11-21-17)19-8-10-22-9-6-5-7-12(22)2/h11-12H,4-10H2,1-3H3,(H,19,20,21)/t12-/m0/s1. The largest absolute Gasteiger partial charge is 0.462 e. The van der Waals surface area contributed by atoms with Gasteiger partial charge >= 0.3 is 5.97 Å². The van der Waals surface area contributed by atoms with Gasteiger partial charge < -0.3 is 14.5 Å². The van der Waals surface area contributed by atoms with Crippen molar-refractivity contribution >= 4 is 22.9 Å². The Morgan fingerprint density at radius 2 is 2.28 bits per heavy atom. The molecule has 2 aromatic heterocycles. The highest BCUT2D eigenvalue weighted by Gasteiger charge is 2.24. The van der Waals surface area contributed by atoms with Crippen molar-refractivity contribution in [1.29, 1.82) is 0 Å². The van der Waals surface area contributed by atoms with Gasteiger partial charge in [0.25, 0.3) is 0 Å². The molecule has 0 unspecified atom stereocenters. The molecule has 1 saturated heterocycles. The van der Waals surface area contributed by atoms with Crippen LogP contribution in [0.2, 0.25) is 0 Å². The third-order valence-corrected chi connectivity index (χ3v) is 4.78. The molecule has 0 aliphatic carbocycles. The molecular formula is C18H26N4O3. The number of ether oxygens (including phenoxy) is 1. The van der Waals surface area contributed by atoms with Gasteiger partial charge in [0.1, 0.15) is 23.5 Å². The first-order valence-electron chi connectivity index (χ1n) is 9.01. The summed E-state index contributed by atoms with van der Waals surface area (Å²) in [6.45, 7) is 8.95. The maximum absolute atomic E-state index is 12.3. The lowest BCUT2D eigenvalue weighted by Crippen LogP contribution is -2.40. The van der Waals surface area contributed by atoms with Gasteiger partial charge in [0.05, 0.1) is 12.0 Å². The molecule has 1 N–H and O–H groups in total. The summed E-state index contributed by atoms with van der Waals surface area (Å²) in [7, 11) is 0. The van der Waals surface area contributed by atoms with E-state index in [0.717, 1.165) is 19.6 Å². The summed E-state index contributed by atoms with van der Waals surface area (Å²) in [5.74, 6) is 0.720. The van der Waals surface area contributed by atoms with Gasteiger partial charge in [0.2, 0.25) is 5.71 Å². The number of carbonyl (C=O) groups excluding carboxylic acids is 1. The van der Waals surface area contributed by atoms with E-state index >= 15 is 0 Å². The van der Waals surface area contributed by atoms with Crippen LogP contribution in [0.25, 0.3) is 11.1 Å². The van der Waals surface area contributed by atoms with Gasteiger partial charge in [0, 0.05) is 19.1 Å². The first-order valence-corrected chi connectivity index (χ1v) is 9.01. The first kappa shape index (κ1) is 17.7. The summed E-state index contributed by atoms with van der Waals surface area (Å²) in [5.41, 5.74) is 0.815. The molecule has 3 heterocycles. The van der Waals surface area contributed by atoms with E-state index in [0.29, 0.717) is 40.9 Å². The highest BCUT2D eigenvalue weighted by Crippen LogP contribution is 2.29. The van der Waals surface area contributed by atoms with E-state index in [4.69, 9.17) is 9.15 Å². The van der Waals surface area contributed by atoms with E-state index < -0.39 is 5.97 Å². The molecule has 0 spiro atoms. The Bertz CT molecular complexity index is 743. The van der Waals surface area contributed by atoms with Crippen molar-refractivity contribution < 1.29 is 13.9 Å². The van der Waals surface area contributed by atoms with E-state index in [1.165, 1.54) is 25.6 Å². The summed E-state index contributed by atoms with van der Waals surface area (Å²) < 4.78 is 10.8. The number of rotatable bonds is 6. The maximum atomic E-state index is 12.3. The van der Waals surface area contributed by atoms with E-state index in [9.17, 15) is 4.79 Å². The second-order valence-corrected chi connectivity index (χ2v) is 6.46. The van der Waals surface area contributed by atoms with Crippen LogP contribution >= 0.6 is 0 Å². The van der Waals surface area contributed by atoms with Crippen LogP contribution in [0.4, 0.5) is 5.82 Å². The Morgan fingerprint density at radius 1 is 1.44 bits per heavy atom. The lowest BCUT2D eigenvalue weighted by atomic mass is 10.0. The van der Waals surface area contributed by atoms with E-state index in [2.05, 4.69) is 27.1 Å². The molecule has 1 aliphatic rings. The highest BCUT2D eigenvalue weighted by molar-refractivity contribution is 6.07. The number of esters is 1. The smallest absolute Gasteiger partial charge is 0.342 e. The SMILES string of the molecule is CCOC(=O)c1c(C)oc2ncnc(NCCN3CCCC[C@@H]3C)c12. The van der Waals surface area contributed by atoms with Crippen LogP contribution in [-0.2, 0) is 4.74 Å². The second-order valence-electron chi connectivity index (χ2n) is 6.46. The Balaban J connectivity index is 1.78. The number of furan rings is 1. The number of hydrogen-bond acceptors (Lipinski definition) is 7. The Morgan fingerprint density at radius 3 is 3.04 bits per heavy atom. The molecule has 0 amide bonds. The van der Waals surface area contributed by atoms with Gasteiger partial charge in [-0.05, 0) is 40.2 Å². The van der Waals surface area contributed by atoms with Crippen molar-refractivity contribution in [3.63, 3.8) is 0 Å². The van der Waals surface area contributed by atoms with Crippen LogP contribution in [0.3, 0.4) is 0 Å². The number of piperidine rings is 1. The fraction of sp³-hybridized carbons (Fsp3) is 0.611. The topological polar surface area (TPSA) is 80.5 Å². The van der Waals surface area contributed by atoms with E-state index in [1.807, 2.05) is 0 Å². The zero-order valence-electron chi connectivity index (χ0n) is 15.2. The number of aryl methyl sites for hydroxylation is 1. The predicted octanol–water partition coefficient (Wildman–Crippen LogP) is 2.99. The number of fused-ring (bicyclic) bond motifs is 1. The molecule has 0 saturated carbocycles. The molecule has 25 heavy (non-hydrogen) atoms. The third kappa shape index (κ3) is 3.76. The maximum Gasteiger partial charge on any atom is 0.342 e. The van der Waals surface area contributed by atoms with Gasteiger partial charge in [-0.2, -0.15) is 0 Å². The molecule has 136 valence electrons. The van der Waals surface area contributed by atoms with Crippen LogP contribution < -0.4 is 5.32 Å². The van der Waals surface area contributed by atoms with Crippen LogP contribution in [0.1, 0.15) is 49.2 Å². The van der Waals surface area contributed by atoms with E-state index in [-0.39, 0.29) is 0 Å². The fourth-order valence-corrected chi connectivity index (χ4v) is 3.44. The molecule has 1 atom stereocenters. The van der Waals surface area contributed by atoms with Crippen molar-refractivity contribution in [1.82, 2.24) is 14.9 Å². The number of carbonyl (C=O) groups is 1. The Kier molecular flexibility index (Phi) is 5.53. The lowest BCUT2D eigenvalue weighted by molar-refractivity contribution is 0.0526. The van der Waals surface area contributed by atoms with Gasteiger partial charge in [-0.3, -0.25) is 4.90 Å². The summed E-state index contributed by atoms with van der Waals surface area (Å²) in [5, 5.41) is 3.95. The van der Waals surface area contributed by atoms with Crippen LogP contribution in [0.5, 0.6) is 0 Å². The zero-order chi connectivity index (χ0) is 17.8. The predicted molar refractivity (Wildman–Crippen MR) is 95.9 cm³/mol. The molecule has 7 heteroatoms. The average Bonchev–Trinajstić information content (AvgIpc) is 2.93. The van der Waals surface area contributed by atoms with E-state index in [1.54, 1.807) is 13.8 Å². The summed E-state index contributed by atoms with van der Waals surface area (Å²) >= 11 is 0. The summed E-state index contributed by atoms with van der Waals surface area (Å²) in [4.78, 5) is 23.2. The van der Waals surface area contributed by atoms with Crippen LogP contribution in [-0.4, -0.2) is 53.1 Å². The molecular weight excluding hydrogens is 320 g/mol. The molecule has 1 aliphatic heterocycles. The normalized spacial score (nSPS) is 18.4. The second kappa shape index (κ2) is 7.82. The number of hydrogen-bond donors (Lipinski definition) is 1. The molecule has 3 rings (SSSR count). The summed E-state index contributed by atoms with van der Waals surface area (Å²) in [6, 6.07) is 0.618. The van der Waals surface area contributed by atoms with Gasteiger partial charge in [0.15, 0.2) is 0 Å². The third-order valence-electron chi connectivity index (χ3n) is 4.78. The van der Waals surface area contributed by atoms with Gasteiger partial charge in [-0.1, -0.05) is 6.42 Å². The van der Waals surface area contributed by atoms with Crippen molar-refractivity contribution in [3.8, 4) is 0 Å². The minimum atomic E-state index is -0.402. The number of aromatic nitrogens is 2. The minimum absolute atomic E-state index is 0.314. The first-order chi connectivity index (χ1) is 12.1. The molecule has 2 aromatic rings. The van der Waals surface area contributed by atoms with Gasteiger partial charge in [-0.25, -0.2) is 14.8 Å². The van der Waals surface area contributed by atoms with Crippen molar-refractivity contribution in [2.75, 3.05) is 31.6 Å². The van der Waals surface area contributed by atoms with Crippen molar-refractivity contribution in [2.45, 2.75) is 46.1 Å². The molecule has 0 aromatic carbocycles. The van der Waals surface area contributed by atoms with Crippen molar-refractivity contribution in [2.24, 2.45) is 0 Å². The van der Waals surface area contributed by atoms with Crippen LogP contribution in [0, 0.1) is 6.92 Å². The molecule has 0 bridgehead atoms. The number of anilines is 1. The minimum Gasteiger partial charge on any atom is -0.462 e. The quantitative estimate of drug-likeness (QED) is 0.805. The van der Waals surface area contributed by atoms with Crippen molar-refractivity contribution in [3.05, 3.63) is 17.7 Å². The number of nitrogens with one attached hydrogen (secondary N) is 1. The van der Waals surface area contributed by atoms with Crippen LogP contribution in [0.15, 0.2) is 10.7 Å².